The van der Waals surface area contributed by atoms with Crippen molar-refractivity contribution >= 4 is 5.91 Å². The Balaban J connectivity index is 2.01. The molecule has 0 saturated carbocycles. The maximum absolute atomic E-state index is 12.6. The van der Waals surface area contributed by atoms with Gasteiger partial charge in [0.15, 0.2) is 5.82 Å². The molecule has 0 spiro atoms. The Bertz CT molecular complexity index is 466. The molecule has 1 amide bonds. The maximum atomic E-state index is 12.6. The number of hydrogen-bond donors (Lipinski definition) is 1. The maximum Gasteiger partial charge on any atom is 0.248 e. The number of piperidine rings is 1. The van der Waals surface area contributed by atoms with E-state index in [9.17, 15) is 4.79 Å². The van der Waals surface area contributed by atoms with Gasteiger partial charge in [0.2, 0.25) is 11.8 Å². The van der Waals surface area contributed by atoms with Crippen LogP contribution < -0.4 is 5.32 Å². The normalized spacial score (nSPS) is 19.5. The van der Waals surface area contributed by atoms with Crippen LogP contribution in [0.1, 0.15) is 57.8 Å². The summed E-state index contributed by atoms with van der Waals surface area (Å²) in [5.74, 6) is 1.37. The molecule has 0 aromatic carbocycles. The third-order valence-electron chi connectivity index (χ3n) is 3.96. The molecule has 1 aliphatic rings. The van der Waals surface area contributed by atoms with Gasteiger partial charge in [-0.05, 0) is 45.7 Å². The van der Waals surface area contributed by atoms with Gasteiger partial charge in [-0.1, -0.05) is 25.4 Å². The molecule has 2 rings (SSSR count). The molecule has 2 heterocycles. The Kier molecular flexibility index (Phi) is 5.33. The van der Waals surface area contributed by atoms with Gasteiger partial charge >= 0.3 is 0 Å². The molecule has 0 radical (unpaired) electrons. The highest BCUT2D eigenvalue weighted by Gasteiger charge is 2.31. The standard InChI is InChI=1S/C15H26N4O2/c1-10(2)13(19-8-6-5-7-9-19)14(20)16-11(3)15-17-12(4)18-21-15/h10-11,13H,5-9H2,1-4H3,(H,16,20). The first-order valence-corrected chi connectivity index (χ1v) is 7.83. The molecule has 1 N–H and O–H groups in total. The summed E-state index contributed by atoms with van der Waals surface area (Å²) in [4.78, 5) is 19.1. The Morgan fingerprint density at radius 2 is 1.90 bits per heavy atom. The Labute approximate surface area is 126 Å². The first-order valence-electron chi connectivity index (χ1n) is 7.83. The Hall–Kier alpha value is -1.43. The van der Waals surface area contributed by atoms with Gasteiger partial charge in [-0.15, -0.1) is 0 Å². The van der Waals surface area contributed by atoms with Crippen LogP contribution in [0, 0.1) is 12.8 Å². The zero-order chi connectivity index (χ0) is 15.4. The quantitative estimate of drug-likeness (QED) is 0.900. The molecule has 6 nitrogen and oxygen atoms in total. The van der Waals surface area contributed by atoms with Crippen molar-refractivity contribution < 1.29 is 9.32 Å². The summed E-state index contributed by atoms with van der Waals surface area (Å²) < 4.78 is 5.12. The minimum atomic E-state index is -0.259. The minimum absolute atomic E-state index is 0.0512. The van der Waals surface area contributed by atoms with Crippen LogP contribution >= 0.6 is 0 Å². The zero-order valence-corrected chi connectivity index (χ0v) is 13.4. The summed E-state index contributed by atoms with van der Waals surface area (Å²) in [5.41, 5.74) is 0. The van der Waals surface area contributed by atoms with Gasteiger partial charge < -0.3 is 9.84 Å². The highest BCUT2D eigenvalue weighted by molar-refractivity contribution is 5.82. The highest BCUT2D eigenvalue weighted by atomic mass is 16.5. The van der Waals surface area contributed by atoms with Crippen molar-refractivity contribution in [1.29, 1.82) is 0 Å². The topological polar surface area (TPSA) is 71.3 Å². The molecule has 2 unspecified atom stereocenters. The molecule has 1 aliphatic heterocycles. The van der Waals surface area contributed by atoms with E-state index in [4.69, 9.17) is 4.52 Å². The number of carbonyl (C=O) groups excluding carboxylic acids is 1. The van der Waals surface area contributed by atoms with Gasteiger partial charge in [0, 0.05) is 0 Å². The summed E-state index contributed by atoms with van der Waals surface area (Å²) in [5, 5.41) is 6.78. The fraction of sp³-hybridized carbons (Fsp3) is 0.800. The van der Waals surface area contributed by atoms with Gasteiger partial charge in [0.25, 0.3) is 0 Å². The second kappa shape index (κ2) is 7.02. The average Bonchev–Trinajstić information content (AvgIpc) is 2.86. The molecule has 1 aromatic rings. The van der Waals surface area contributed by atoms with Crippen molar-refractivity contribution in [3.63, 3.8) is 0 Å². The molecule has 1 fully saturated rings. The van der Waals surface area contributed by atoms with Crippen molar-refractivity contribution in [3.8, 4) is 0 Å². The van der Waals surface area contributed by atoms with Crippen molar-refractivity contribution in [2.75, 3.05) is 13.1 Å². The van der Waals surface area contributed by atoms with Gasteiger partial charge in [-0.25, -0.2) is 0 Å². The molecule has 118 valence electrons. The van der Waals surface area contributed by atoms with Crippen LogP contribution in [-0.2, 0) is 4.79 Å². The van der Waals surface area contributed by atoms with Crippen molar-refractivity contribution in [1.82, 2.24) is 20.4 Å². The fourth-order valence-corrected chi connectivity index (χ4v) is 2.94. The Morgan fingerprint density at radius 3 is 2.43 bits per heavy atom. The molecule has 21 heavy (non-hydrogen) atoms. The summed E-state index contributed by atoms with van der Waals surface area (Å²) >= 11 is 0. The minimum Gasteiger partial charge on any atom is -0.343 e. The van der Waals surface area contributed by atoms with E-state index < -0.39 is 0 Å². The monoisotopic (exact) mass is 294 g/mol. The van der Waals surface area contributed by atoms with Crippen LogP contribution in [0.3, 0.4) is 0 Å². The molecular weight excluding hydrogens is 268 g/mol. The number of nitrogens with one attached hydrogen (secondary N) is 1. The summed E-state index contributed by atoms with van der Waals surface area (Å²) in [6.45, 7) is 9.85. The van der Waals surface area contributed by atoms with E-state index in [1.54, 1.807) is 6.92 Å². The SMILES string of the molecule is Cc1noc(C(C)NC(=O)C(C(C)C)N2CCCCC2)n1. The van der Waals surface area contributed by atoms with Gasteiger partial charge in [-0.2, -0.15) is 4.98 Å². The second-order valence-corrected chi connectivity index (χ2v) is 6.20. The molecule has 1 aromatic heterocycles. The lowest BCUT2D eigenvalue weighted by molar-refractivity contribution is -0.129. The van der Waals surface area contributed by atoms with E-state index in [0.29, 0.717) is 11.7 Å². The summed E-state index contributed by atoms with van der Waals surface area (Å²) in [7, 11) is 0. The van der Waals surface area contributed by atoms with Gasteiger partial charge in [0.05, 0.1) is 6.04 Å². The number of amides is 1. The number of carbonyl (C=O) groups is 1. The molecule has 0 bridgehead atoms. The predicted octanol–water partition coefficient (Wildman–Crippen LogP) is 2.07. The first kappa shape index (κ1) is 15.9. The second-order valence-electron chi connectivity index (χ2n) is 6.20. The van der Waals surface area contributed by atoms with Crippen LogP contribution in [0.4, 0.5) is 0 Å². The highest BCUT2D eigenvalue weighted by Crippen LogP contribution is 2.19. The number of nitrogens with zero attached hydrogens (tertiary/aromatic N) is 3. The lowest BCUT2D eigenvalue weighted by Crippen LogP contribution is -2.52. The molecule has 6 heteroatoms. The predicted molar refractivity (Wildman–Crippen MR) is 79.6 cm³/mol. The van der Waals surface area contributed by atoms with Crippen molar-refractivity contribution in [2.45, 2.75) is 59.0 Å². The lowest BCUT2D eigenvalue weighted by Gasteiger charge is -2.36. The number of aryl methyl sites for hydroxylation is 1. The molecule has 2 atom stereocenters. The average molecular weight is 294 g/mol. The number of hydrogen-bond acceptors (Lipinski definition) is 5. The fourth-order valence-electron chi connectivity index (χ4n) is 2.94. The van der Waals surface area contributed by atoms with E-state index in [0.717, 1.165) is 13.1 Å². The van der Waals surface area contributed by atoms with Crippen molar-refractivity contribution in [3.05, 3.63) is 11.7 Å². The third kappa shape index (κ3) is 4.03. The van der Waals surface area contributed by atoms with Crippen LogP contribution in [0.2, 0.25) is 0 Å². The summed E-state index contributed by atoms with van der Waals surface area (Å²) in [6.07, 6.45) is 3.62. The van der Waals surface area contributed by atoms with E-state index in [2.05, 4.69) is 34.2 Å². The summed E-state index contributed by atoms with van der Waals surface area (Å²) in [6, 6.07) is -0.346. The zero-order valence-electron chi connectivity index (χ0n) is 13.4. The molecule has 1 saturated heterocycles. The van der Waals surface area contributed by atoms with Crippen molar-refractivity contribution in [2.24, 2.45) is 5.92 Å². The van der Waals surface area contributed by atoms with E-state index in [1.807, 2.05) is 6.92 Å². The third-order valence-corrected chi connectivity index (χ3v) is 3.96. The number of likely N-dealkylation sites (tertiary alicyclic amines) is 1. The van der Waals surface area contributed by atoms with Gasteiger partial charge in [0.1, 0.15) is 6.04 Å². The van der Waals surface area contributed by atoms with Crippen LogP contribution in [0.25, 0.3) is 0 Å². The number of rotatable bonds is 5. The largest absolute Gasteiger partial charge is 0.343 e. The van der Waals surface area contributed by atoms with E-state index in [-0.39, 0.29) is 23.9 Å². The van der Waals surface area contributed by atoms with Crippen LogP contribution in [0.5, 0.6) is 0 Å². The number of aromatic nitrogens is 2. The molecular formula is C15H26N4O2. The first-order chi connectivity index (χ1) is 9.99. The van der Waals surface area contributed by atoms with E-state index >= 15 is 0 Å². The van der Waals surface area contributed by atoms with E-state index in [1.165, 1.54) is 19.3 Å². The van der Waals surface area contributed by atoms with Gasteiger partial charge in [-0.3, -0.25) is 9.69 Å². The Morgan fingerprint density at radius 1 is 1.24 bits per heavy atom. The lowest BCUT2D eigenvalue weighted by atomic mass is 9.98. The molecule has 0 aliphatic carbocycles. The van der Waals surface area contributed by atoms with Crippen LogP contribution in [0.15, 0.2) is 4.52 Å². The van der Waals surface area contributed by atoms with Crippen LogP contribution in [-0.4, -0.2) is 40.1 Å². The smallest absolute Gasteiger partial charge is 0.248 e.